The monoisotopic (exact) mass is 341 g/mol. The smallest absolute Gasteiger partial charge is 0.154 e. The van der Waals surface area contributed by atoms with Crippen LogP contribution >= 0.6 is 0 Å². The van der Waals surface area contributed by atoms with E-state index in [2.05, 4.69) is 15.3 Å². The summed E-state index contributed by atoms with van der Waals surface area (Å²) in [6.45, 7) is 0.551. The molecule has 24 heavy (non-hydrogen) atoms. The van der Waals surface area contributed by atoms with Gasteiger partial charge in [-0.3, -0.25) is 0 Å². The Bertz CT molecular complexity index is 906. The van der Waals surface area contributed by atoms with Crippen LogP contribution in [0.2, 0.25) is 0 Å². The molecule has 0 aliphatic carbocycles. The molecule has 0 amide bonds. The van der Waals surface area contributed by atoms with Crippen LogP contribution < -0.4 is 5.32 Å². The van der Waals surface area contributed by atoms with Crippen molar-refractivity contribution in [1.29, 1.82) is 0 Å². The number of anilines is 1. The minimum absolute atomic E-state index is 0.0876. The van der Waals surface area contributed by atoms with Gasteiger partial charge in [-0.1, -0.05) is 42.5 Å². The second-order valence-corrected chi connectivity index (χ2v) is 7.78. The third-order valence-electron chi connectivity index (χ3n) is 3.70. The van der Waals surface area contributed by atoms with E-state index in [9.17, 15) is 8.42 Å². The van der Waals surface area contributed by atoms with Crippen LogP contribution in [0.3, 0.4) is 0 Å². The number of fused-ring (bicyclic) bond motifs is 1. The molecule has 0 spiro atoms. The quantitative estimate of drug-likeness (QED) is 0.669. The number of aromatic nitrogens is 2. The Hall–Kier alpha value is -2.47. The molecule has 3 aromatic rings. The van der Waals surface area contributed by atoms with Crippen LogP contribution in [0.1, 0.15) is 12.0 Å². The fraction of sp³-hybridized carbons (Fsp3) is 0.222. The lowest BCUT2D eigenvalue weighted by molar-refractivity contribution is 0.593. The zero-order valence-electron chi connectivity index (χ0n) is 13.2. The van der Waals surface area contributed by atoms with Crippen LogP contribution in [-0.4, -0.2) is 30.7 Å². The van der Waals surface area contributed by atoms with Gasteiger partial charge in [0.1, 0.15) is 12.1 Å². The van der Waals surface area contributed by atoms with Crippen LogP contribution in [0, 0.1) is 0 Å². The van der Waals surface area contributed by atoms with Gasteiger partial charge < -0.3 is 5.32 Å². The molecule has 1 aromatic heterocycles. The molecule has 0 fully saturated rings. The number of rotatable bonds is 7. The molecular weight excluding hydrogens is 322 g/mol. The largest absolute Gasteiger partial charge is 0.369 e. The highest BCUT2D eigenvalue weighted by Crippen LogP contribution is 2.18. The van der Waals surface area contributed by atoms with Crippen LogP contribution in [0.25, 0.3) is 10.9 Å². The predicted octanol–water partition coefficient (Wildman–Crippen LogP) is 3.05. The van der Waals surface area contributed by atoms with Crippen molar-refractivity contribution < 1.29 is 8.42 Å². The molecule has 124 valence electrons. The molecule has 0 unspecified atom stereocenters. The maximum absolute atomic E-state index is 12.2. The zero-order chi connectivity index (χ0) is 16.8. The molecule has 0 radical (unpaired) electrons. The molecule has 0 atom stereocenters. The van der Waals surface area contributed by atoms with Crippen molar-refractivity contribution in [2.45, 2.75) is 12.2 Å². The van der Waals surface area contributed by atoms with Gasteiger partial charge in [-0.05, 0) is 24.1 Å². The number of para-hydroxylation sites is 1. The minimum atomic E-state index is -3.10. The fourth-order valence-electron chi connectivity index (χ4n) is 2.54. The summed E-state index contributed by atoms with van der Waals surface area (Å²) >= 11 is 0. The number of sulfone groups is 1. The lowest BCUT2D eigenvalue weighted by atomic mass is 10.2. The van der Waals surface area contributed by atoms with Crippen molar-refractivity contribution in [2.75, 3.05) is 17.6 Å². The molecule has 2 aromatic carbocycles. The maximum atomic E-state index is 12.2. The summed E-state index contributed by atoms with van der Waals surface area (Å²) in [6, 6.07) is 17.0. The standard InChI is InChI=1S/C18H19N3O2S/c22-24(23,13-15-7-2-1-3-8-15)12-6-11-19-18-16-9-4-5-10-17(16)20-14-21-18/h1-5,7-10,14H,6,11-13H2,(H,19,20,21). The third kappa shape index (κ3) is 4.29. The summed E-state index contributed by atoms with van der Waals surface area (Å²) in [4.78, 5) is 8.45. The maximum Gasteiger partial charge on any atom is 0.154 e. The molecule has 1 heterocycles. The normalized spacial score (nSPS) is 11.5. The third-order valence-corrected chi connectivity index (χ3v) is 5.38. The second kappa shape index (κ2) is 7.40. The molecule has 0 aliphatic heterocycles. The van der Waals surface area contributed by atoms with Gasteiger partial charge in [-0.2, -0.15) is 0 Å². The fourth-order valence-corrected chi connectivity index (χ4v) is 3.97. The highest BCUT2D eigenvalue weighted by molar-refractivity contribution is 7.90. The Morgan fingerprint density at radius 2 is 1.67 bits per heavy atom. The van der Waals surface area contributed by atoms with E-state index in [1.165, 1.54) is 6.33 Å². The summed E-state index contributed by atoms with van der Waals surface area (Å²) in [5, 5.41) is 4.15. The van der Waals surface area contributed by atoms with Gasteiger partial charge in [0.15, 0.2) is 9.84 Å². The molecular formula is C18H19N3O2S. The van der Waals surface area contributed by atoms with Crippen molar-refractivity contribution >= 4 is 26.6 Å². The predicted molar refractivity (Wildman–Crippen MR) is 96.6 cm³/mol. The molecule has 3 rings (SSSR count). The highest BCUT2D eigenvalue weighted by Gasteiger charge is 2.11. The summed E-state index contributed by atoms with van der Waals surface area (Å²) in [5.74, 6) is 0.975. The summed E-state index contributed by atoms with van der Waals surface area (Å²) < 4.78 is 24.3. The number of benzene rings is 2. The van der Waals surface area contributed by atoms with Gasteiger partial charge in [-0.25, -0.2) is 18.4 Å². The van der Waals surface area contributed by atoms with Crippen molar-refractivity contribution in [3.8, 4) is 0 Å². The van der Waals surface area contributed by atoms with E-state index in [1.54, 1.807) is 0 Å². The highest BCUT2D eigenvalue weighted by atomic mass is 32.2. The zero-order valence-corrected chi connectivity index (χ0v) is 14.0. The Labute approximate surface area is 141 Å². The van der Waals surface area contributed by atoms with Crippen LogP contribution in [0.15, 0.2) is 60.9 Å². The number of hydrogen-bond acceptors (Lipinski definition) is 5. The van der Waals surface area contributed by atoms with Crippen LogP contribution in [0.5, 0.6) is 0 Å². The average molecular weight is 341 g/mol. The van der Waals surface area contributed by atoms with Crippen LogP contribution in [-0.2, 0) is 15.6 Å². The first-order valence-electron chi connectivity index (χ1n) is 7.82. The van der Waals surface area contributed by atoms with Crippen molar-refractivity contribution in [3.05, 3.63) is 66.5 Å². The Balaban J connectivity index is 1.55. The summed E-state index contributed by atoms with van der Waals surface area (Å²) in [5.41, 5.74) is 1.69. The topological polar surface area (TPSA) is 72.0 Å². The molecule has 0 saturated heterocycles. The van der Waals surface area contributed by atoms with E-state index in [4.69, 9.17) is 0 Å². The van der Waals surface area contributed by atoms with E-state index >= 15 is 0 Å². The van der Waals surface area contributed by atoms with E-state index < -0.39 is 9.84 Å². The van der Waals surface area contributed by atoms with Gasteiger partial charge in [0.2, 0.25) is 0 Å². The second-order valence-electron chi connectivity index (χ2n) is 5.60. The van der Waals surface area contributed by atoms with E-state index in [0.29, 0.717) is 13.0 Å². The van der Waals surface area contributed by atoms with E-state index in [0.717, 1.165) is 22.3 Å². The first-order chi connectivity index (χ1) is 11.6. The summed E-state index contributed by atoms with van der Waals surface area (Å²) in [6.07, 6.45) is 2.05. The molecule has 1 N–H and O–H groups in total. The van der Waals surface area contributed by atoms with Gasteiger partial charge in [0, 0.05) is 11.9 Å². The summed E-state index contributed by atoms with van der Waals surface area (Å²) in [7, 11) is -3.10. The molecule has 0 saturated carbocycles. The SMILES string of the molecule is O=S(=O)(CCCNc1ncnc2ccccc12)Cc1ccccc1. The average Bonchev–Trinajstić information content (AvgIpc) is 2.59. The number of nitrogens with one attached hydrogen (secondary N) is 1. The Kier molecular flexibility index (Phi) is 5.05. The number of hydrogen-bond donors (Lipinski definition) is 1. The molecule has 5 nitrogen and oxygen atoms in total. The first-order valence-corrected chi connectivity index (χ1v) is 9.64. The van der Waals surface area contributed by atoms with Crippen molar-refractivity contribution in [2.24, 2.45) is 0 Å². The van der Waals surface area contributed by atoms with Crippen molar-refractivity contribution in [1.82, 2.24) is 9.97 Å². The van der Waals surface area contributed by atoms with Crippen molar-refractivity contribution in [3.63, 3.8) is 0 Å². The molecule has 6 heteroatoms. The molecule has 0 aliphatic rings. The first kappa shape index (κ1) is 16.4. The van der Waals surface area contributed by atoms with E-state index in [1.807, 2.05) is 54.6 Å². The van der Waals surface area contributed by atoms with Gasteiger partial charge in [-0.15, -0.1) is 0 Å². The van der Waals surface area contributed by atoms with E-state index in [-0.39, 0.29) is 11.5 Å². The van der Waals surface area contributed by atoms with Crippen LogP contribution in [0.4, 0.5) is 5.82 Å². The Morgan fingerprint density at radius 1 is 0.917 bits per heavy atom. The van der Waals surface area contributed by atoms with Gasteiger partial charge in [0.25, 0.3) is 0 Å². The molecule has 0 bridgehead atoms. The van der Waals surface area contributed by atoms with Gasteiger partial charge in [0.05, 0.1) is 17.0 Å². The van der Waals surface area contributed by atoms with Gasteiger partial charge >= 0.3 is 0 Å². The minimum Gasteiger partial charge on any atom is -0.369 e. The lowest BCUT2D eigenvalue weighted by Crippen LogP contribution is -2.14. The Morgan fingerprint density at radius 3 is 2.50 bits per heavy atom. The lowest BCUT2D eigenvalue weighted by Gasteiger charge is -2.08. The number of nitrogens with zero attached hydrogens (tertiary/aromatic N) is 2.